The molecule has 0 unspecified atom stereocenters. The van der Waals surface area contributed by atoms with Crippen molar-refractivity contribution in [2.45, 2.75) is 26.7 Å². The summed E-state index contributed by atoms with van der Waals surface area (Å²) in [5.74, 6) is 2.29. The Kier molecular flexibility index (Phi) is 3.46. The second-order valence-electron chi connectivity index (χ2n) is 4.54. The fourth-order valence-corrected chi connectivity index (χ4v) is 1.57. The zero-order chi connectivity index (χ0) is 13.1. The molecule has 0 aliphatic carbocycles. The molecule has 0 bridgehead atoms. The Morgan fingerprint density at radius 1 is 1.17 bits per heavy atom. The highest BCUT2D eigenvalue weighted by molar-refractivity contribution is 5.44. The number of nitrogen functional groups attached to an aromatic ring is 1. The summed E-state index contributed by atoms with van der Waals surface area (Å²) in [6, 6.07) is 9.10. The van der Waals surface area contributed by atoms with Crippen LogP contribution in [0.15, 0.2) is 30.3 Å². The number of anilines is 1. The average molecular weight is 243 g/mol. The molecule has 0 radical (unpaired) electrons. The van der Waals surface area contributed by atoms with Gasteiger partial charge in [-0.3, -0.25) is 0 Å². The van der Waals surface area contributed by atoms with Crippen molar-refractivity contribution in [1.82, 2.24) is 9.97 Å². The van der Waals surface area contributed by atoms with Crippen molar-refractivity contribution < 1.29 is 4.74 Å². The molecule has 0 saturated carbocycles. The molecule has 2 rings (SSSR count). The molecule has 1 aromatic heterocycles. The molecule has 94 valence electrons. The van der Waals surface area contributed by atoms with Gasteiger partial charge >= 0.3 is 0 Å². The molecule has 1 aromatic carbocycles. The van der Waals surface area contributed by atoms with Gasteiger partial charge in [0, 0.05) is 29.4 Å². The molecule has 4 nitrogen and oxygen atoms in total. The smallest absolute Gasteiger partial charge is 0.222 e. The first-order chi connectivity index (χ1) is 8.54. The van der Waals surface area contributed by atoms with Gasteiger partial charge < -0.3 is 10.5 Å². The van der Waals surface area contributed by atoms with Crippen molar-refractivity contribution in [1.29, 1.82) is 0 Å². The summed E-state index contributed by atoms with van der Waals surface area (Å²) in [6.45, 7) is 6.04. The number of aryl methyl sites for hydroxylation is 1. The Bertz CT molecular complexity index is 552. The van der Waals surface area contributed by atoms with E-state index in [4.69, 9.17) is 10.5 Å². The van der Waals surface area contributed by atoms with E-state index in [1.165, 1.54) is 0 Å². The molecule has 2 N–H and O–H groups in total. The molecule has 18 heavy (non-hydrogen) atoms. The number of nitrogens with two attached hydrogens (primary N) is 1. The van der Waals surface area contributed by atoms with Crippen LogP contribution < -0.4 is 10.5 Å². The Balaban J connectivity index is 2.29. The highest BCUT2D eigenvalue weighted by Gasteiger charge is 2.07. The van der Waals surface area contributed by atoms with Gasteiger partial charge in [-0.05, 0) is 19.1 Å². The lowest BCUT2D eigenvalue weighted by Gasteiger charge is -2.09. The summed E-state index contributed by atoms with van der Waals surface area (Å²) in [7, 11) is 0. The largest absolute Gasteiger partial charge is 0.439 e. The van der Waals surface area contributed by atoms with Crippen molar-refractivity contribution in [3.8, 4) is 11.6 Å². The van der Waals surface area contributed by atoms with Gasteiger partial charge in [0.15, 0.2) is 0 Å². The Morgan fingerprint density at radius 3 is 2.61 bits per heavy atom. The van der Waals surface area contributed by atoms with Crippen molar-refractivity contribution in [2.75, 3.05) is 5.73 Å². The van der Waals surface area contributed by atoms with Crippen molar-refractivity contribution in [2.24, 2.45) is 0 Å². The van der Waals surface area contributed by atoms with Gasteiger partial charge in [-0.1, -0.05) is 19.9 Å². The van der Waals surface area contributed by atoms with Gasteiger partial charge in [0.25, 0.3) is 0 Å². The van der Waals surface area contributed by atoms with Crippen LogP contribution in [0.25, 0.3) is 0 Å². The monoisotopic (exact) mass is 243 g/mol. The average Bonchev–Trinajstić information content (AvgIpc) is 2.28. The first-order valence-corrected chi connectivity index (χ1v) is 5.93. The second-order valence-corrected chi connectivity index (χ2v) is 4.54. The number of aromatic nitrogens is 2. The van der Waals surface area contributed by atoms with E-state index in [2.05, 4.69) is 23.8 Å². The molecule has 0 aliphatic rings. The number of rotatable bonds is 3. The van der Waals surface area contributed by atoms with E-state index in [-0.39, 0.29) is 5.92 Å². The van der Waals surface area contributed by atoms with Crippen molar-refractivity contribution >= 4 is 5.69 Å². The highest BCUT2D eigenvalue weighted by Crippen LogP contribution is 2.23. The number of ether oxygens (including phenoxy) is 1. The van der Waals surface area contributed by atoms with Crippen LogP contribution in [-0.2, 0) is 0 Å². The molecule has 0 spiro atoms. The Hall–Kier alpha value is -2.10. The third-order valence-corrected chi connectivity index (χ3v) is 2.44. The minimum absolute atomic E-state index is 0.271. The summed E-state index contributed by atoms with van der Waals surface area (Å²) in [5, 5.41) is 0. The Morgan fingerprint density at radius 2 is 1.94 bits per heavy atom. The van der Waals surface area contributed by atoms with Gasteiger partial charge in [-0.15, -0.1) is 0 Å². The third-order valence-electron chi connectivity index (χ3n) is 2.44. The van der Waals surface area contributed by atoms with E-state index >= 15 is 0 Å². The van der Waals surface area contributed by atoms with Crippen molar-refractivity contribution in [3.05, 3.63) is 41.9 Å². The second kappa shape index (κ2) is 5.04. The minimum atomic E-state index is 0.271. The summed E-state index contributed by atoms with van der Waals surface area (Å²) >= 11 is 0. The number of benzene rings is 1. The lowest BCUT2D eigenvalue weighted by molar-refractivity contribution is 0.456. The van der Waals surface area contributed by atoms with Crippen LogP contribution in [-0.4, -0.2) is 9.97 Å². The van der Waals surface area contributed by atoms with E-state index in [0.29, 0.717) is 17.3 Å². The van der Waals surface area contributed by atoms with Crippen LogP contribution in [0.2, 0.25) is 0 Å². The summed E-state index contributed by atoms with van der Waals surface area (Å²) in [6.07, 6.45) is 0. The zero-order valence-electron chi connectivity index (χ0n) is 10.8. The SMILES string of the molecule is Cc1cc(Oc2cccc(N)c2)nc(C(C)C)n1. The lowest BCUT2D eigenvalue weighted by atomic mass is 10.2. The fraction of sp³-hybridized carbons (Fsp3) is 0.286. The number of hydrogen-bond donors (Lipinski definition) is 1. The maximum absolute atomic E-state index is 5.71. The van der Waals surface area contributed by atoms with Gasteiger partial charge in [-0.25, -0.2) is 4.98 Å². The maximum atomic E-state index is 5.71. The van der Waals surface area contributed by atoms with Crippen LogP contribution in [0, 0.1) is 6.92 Å². The van der Waals surface area contributed by atoms with Crippen molar-refractivity contribution in [3.63, 3.8) is 0 Å². The van der Waals surface area contributed by atoms with Crippen LogP contribution >= 0.6 is 0 Å². The van der Waals surface area contributed by atoms with E-state index < -0.39 is 0 Å². The van der Waals surface area contributed by atoms with E-state index in [9.17, 15) is 0 Å². The molecule has 0 aliphatic heterocycles. The van der Waals surface area contributed by atoms with Gasteiger partial charge in [0.2, 0.25) is 5.88 Å². The molecule has 0 amide bonds. The summed E-state index contributed by atoms with van der Waals surface area (Å²) < 4.78 is 5.70. The van der Waals surface area contributed by atoms with Gasteiger partial charge in [0.1, 0.15) is 11.6 Å². The molecule has 0 saturated heterocycles. The van der Waals surface area contributed by atoms with Gasteiger partial charge in [-0.2, -0.15) is 4.98 Å². The first-order valence-electron chi connectivity index (χ1n) is 5.93. The molecule has 1 heterocycles. The van der Waals surface area contributed by atoms with E-state index in [0.717, 1.165) is 11.5 Å². The van der Waals surface area contributed by atoms with E-state index in [1.54, 1.807) is 6.07 Å². The van der Waals surface area contributed by atoms with Gasteiger partial charge in [0.05, 0.1) is 0 Å². The maximum Gasteiger partial charge on any atom is 0.222 e. The van der Waals surface area contributed by atoms with Crippen LogP contribution in [0.4, 0.5) is 5.69 Å². The van der Waals surface area contributed by atoms with E-state index in [1.807, 2.05) is 31.2 Å². The predicted octanol–water partition coefficient (Wildman–Crippen LogP) is 3.28. The molecular weight excluding hydrogens is 226 g/mol. The van der Waals surface area contributed by atoms with Crippen LogP contribution in [0.1, 0.15) is 31.3 Å². The zero-order valence-corrected chi connectivity index (χ0v) is 10.8. The van der Waals surface area contributed by atoms with Crippen LogP contribution in [0.3, 0.4) is 0 Å². The lowest BCUT2D eigenvalue weighted by Crippen LogP contribution is -2.01. The minimum Gasteiger partial charge on any atom is -0.439 e. The third kappa shape index (κ3) is 2.97. The molecular formula is C14H17N3O. The number of nitrogens with zero attached hydrogens (tertiary/aromatic N) is 2. The topological polar surface area (TPSA) is 61.0 Å². The predicted molar refractivity (Wildman–Crippen MR) is 71.8 cm³/mol. The molecule has 2 aromatic rings. The first kappa shape index (κ1) is 12.4. The number of hydrogen-bond acceptors (Lipinski definition) is 4. The normalized spacial score (nSPS) is 10.7. The fourth-order valence-electron chi connectivity index (χ4n) is 1.57. The standard InChI is InChI=1S/C14H17N3O/c1-9(2)14-16-10(3)7-13(17-14)18-12-6-4-5-11(15)8-12/h4-9H,15H2,1-3H3. The molecule has 0 atom stereocenters. The molecule has 0 fully saturated rings. The Labute approximate surface area is 107 Å². The molecule has 4 heteroatoms. The quantitative estimate of drug-likeness (QED) is 0.840. The summed E-state index contributed by atoms with van der Waals surface area (Å²) in [4.78, 5) is 8.76. The van der Waals surface area contributed by atoms with Crippen LogP contribution in [0.5, 0.6) is 11.6 Å². The highest BCUT2D eigenvalue weighted by atomic mass is 16.5. The summed E-state index contributed by atoms with van der Waals surface area (Å²) in [5.41, 5.74) is 7.27.